The van der Waals surface area contributed by atoms with Gasteiger partial charge in [0.05, 0.1) is 18.2 Å². The van der Waals surface area contributed by atoms with Crippen molar-refractivity contribution in [1.29, 1.82) is 0 Å². The minimum absolute atomic E-state index is 0.573. The van der Waals surface area contributed by atoms with Gasteiger partial charge in [-0.25, -0.2) is 15.4 Å². The Kier molecular flexibility index (Phi) is 2.05. The standard InChI is InChI=1S/C7H9N5O/c1-2-13-12-7-5-3-10-11-6(5)8-4-9-7/h3-4H,2H2,1H3,(H2,8,9,10,11,12). The summed E-state index contributed by atoms with van der Waals surface area (Å²) in [5.41, 5.74) is 3.40. The van der Waals surface area contributed by atoms with Gasteiger partial charge in [-0.2, -0.15) is 5.10 Å². The minimum Gasteiger partial charge on any atom is -0.275 e. The van der Waals surface area contributed by atoms with Crippen LogP contribution in [0, 0.1) is 0 Å². The fourth-order valence-corrected chi connectivity index (χ4v) is 0.987. The highest BCUT2D eigenvalue weighted by atomic mass is 16.6. The van der Waals surface area contributed by atoms with Crippen LogP contribution in [0.5, 0.6) is 0 Å². The molecule has 6 nitrogen and oxygen atoms in total. The molecule has 2 aromatic rings. The van der Waals surface area contributed by atoms with Crippen LogP contribution < -0.4 is 5.48 Å². The molecule has 0 saturated heterocycles. The Morgan fingerprint density at radius 1 is 1.54 bits per heavy atom. The summed E-state index contributed by atoms with van der Waals surface area (Å²) in [6.45, 7) is 2.46. The first kappa shape index (κ1) is 7.93. The summed E-state index contributed by atoms with van der Waals surface area (Å²) in [7, 11) is 0. The van der Waals surface area contributed by atoms with Crippen LogP contribution >= 0.6 is 0 Å². The largest absolute Gasteiger partial charge is 0.275 e. The number of aromatic amines is 1. The van der Waals surface area contributed by atoms with Crippen LogP contribution in [0.25, 0.3) is 11.0 Å². The van der Waals surface area contributed by atoms with Crippen molar-refractivity contribution in [2.45, 2.75) is 6.92 Å². The number of H-pyrrole nitrogens is 1. The molecular formula is C7H9N5O. The van der Waals surface area contributed by atoms with E-state index in [9.17, 15) is 0 Å². The Morgan fingerprint density at radius 2 is 2.46 bits per heavy atom. The lowest BCUT2D eigenvalue weighted by molar-refractivity contribution is 0.209. The fraction of sp³-hybridized carbons (Fsp3) is 0.286. The van der Waals surface area contributed by atoms with Crippen LogP contribution in [-0.2, 0) is 4.84 Å². The zero-order valence-electron chi connectivity index (χ0n) is 7.11. The van der Waals surface area contributed by atoms with Crippen molar-refractivity contribution < 1.29 is 4.84 Å². The molecule has 0 atom stereocenters. The van der Waals surface area contributed by atoms with Gasteiger partial charge in [0.2, 0.25) is 0 Å². The topological polar surface area (TPSA) is 75.7 Å². The van der Waals surface area contributed by atoms with Gasteiger partial charge in [0.15, 0.2) is 11.5 Å². The number of aromatic nitrogens is 4. The van der Waals surface area contributed by atoms with Crippen LogP contribution in [0.1, 0.15) is 6.92 Å². The van der Waals surface area contributed by atoms with Gasteiger partial charge >= 0.3 is 0 Å². The van der Waals surface area contributed by atoms with Crippen LogP contribution in [0.2, 0.25) is 0 Å². The van der Waals surface area contributed by atoms with Gasteiger partial charge in [-0.15, -0.1) is 0 Å². The van der Waals surface area contributed by atoms with E-state index in [2.05, 4.69) is 25.6 Å². The number of hydrogen-bond donors (Lipinski definition) is 2. The second-order valence-corrected chi connectivity index (χ2v) is 2.39. The van der Waals surface area contributed by atoms with Crippen LogP contribution in [0.15, 0.2) is 12.5 Å². The second-order valence-electron chi connectivity index (χ2n) is 2.39. The van der Waals surface area contributed by atoms with E-state index in [0.29, 0.717) is 18.1 Å². The molecule has 0 radical (unpaired) electrons. The summed E-state index contributed by atoms with van der Waals surface area (Å²) >= 11 is 0. The first-order valence-electron chi connectivity index (χ1n) is 3.93. The van der Waals surface area contributed by atoms with E-state index < -0.39 is 0 Å². The maximum absolute atomic E-state index is 5.02. The molecule has 0 unspecified atom stereocenters. The maximum Gasteiger partial charge on any atom is 0.164 e. The quantitative estimate of drug-likeness (QED) is 0.679. The molecular weight excluding hydrogens is 170 g/mol. The van der Waals surface area contributed by atoms with Crippen LogP contribution in [0.3, 0.4) is 0 Å². The van der Waals surface area contributed by atoms with Gasteiger partial charge in [-0.05, 0) is 6.92 Å². The van der Waals surface area contributed by atoms with Crippen molar-refractivity contribution in [1.82, 2.24) is 20.2 Å². The highest BCUT2D eigenvalue weighted by molar-refractivity contribution is 5.84. The normalized spacial score (nSPS) is 10.5. The minimum atomic E-state index is 0.573. The number of nitrogens with zero attached hydrogens (tertiary/aromatic N) is 3. The molecule has 2 rings (SSSR count). The van der Waals surface area contributed by atoms with E-state index in [1.807, 2.05) is 6.92 Å². The monoisotopic (exact) mass is 179 g/mol. The molecule has 0 aliphatic carbocycles. The van der Waals surface area contributed by atoms with E-state index in [4.69, 9.17) is 4.84 Å². The number of rotatable bonds is 3. The molecule has 0 aliphatic heterocycles. The second kappa shape index (κ2) is 3.36. The van der Waals surface area contributed by atoms with E-state index in [1.165, 1.54) is 6.33 Å². The zero-order chi connectivity index (χ0) is 9.10. The van der Waals surface area contributed by atoms with Crippen molar-refractivity contribution in [2.75, 3.05) is 12.1 Å². The summed E-state index contributed by atoms with van der Waals surface area (Å²) < 4.78 is 0. The van der Waals surface area contributed by atoms with Crippen LogP contribution in [-0.4, -0.2) is 26.8 Å². The number of fused-ring (bicyclic) bond motifs is 1. The van der Waals surface area contributed by atoms with Crippen molar-refractivity contribution in [3.05, 3.63) is 12.5 Å². The van der Waals surface area contributed by atoms with Crippen LogP contribution in [0.4, 0.5) is 5.82 Å². The molecule has 6 heteroatoms. The average Bonchev–Trinajstić information content (AvgIpc) is 2.62. The first-order valence-corrected chi connectivity index (χ1v) is 3.93. The molecule has 0 spiro atoms. The zero-order valence-corrected chi connectivity index (χ0v) is 7.11. The van der Waals surface area contributed by atoms with E-state index >= 15 is 0 Å². The molecule has 2 aromatic heterocycles. The Bertz CT molecular complexity index is 398. The smallest absolute Gasteiger partial charge is 0.164 e. The Balaban J connectivity index is 2.37. The van der Waals surface area contributed by atoms with Gasteiger partial charge in [-0.3, -0.25) is 9.94 Å². The van der Waals surface area contributed by atoms with Gasteiger partial charge in [0.25, 0.3) is 0 Å². The predicted molar refractivity (Wildman–Crippen MR) is 46.9 cm³/mol. The predicted octanol–water partition coefficient (Wildman–Crippen LogP) is 0.716. The fourth-order valence-electron chi connectivity index (χ4n) is 0.987. The van der Waals surface area contributed by atoms with Crippen molar-refractivity contribution in [3.8, 4) is 0 Å². The molecule has 0 fully saturated rings. The van der Waals surface area contributed by atoms with Crippen molar-refractivity contribution >= 4 is 16.9 Å². The number of hydrogen-bond acceptors (Lipinski definition) is 5. The summed E-state index contributed by atoms with van der Waals surface area (Å²) in [6.07, 6.45) is 3.10. The molecule has 2 heterocycles. The molecule has 68 valence electrons. The highest BCUT2D eigenvalue weighted by Gasteiger charge is 2.03. The molecule has 2 N–H and O–H groups in total. The highest BCUT2D eigenvalue weighted by Crippen LogP contribution is 2.15. The lowest BCUT2D eigenvalue weighted by atomic mass is 10.4. The van der Waals surface area contributed by atoms with Gasteiger partial charge in [0.1, 0.15) is 6.33 Å². The number of nitrogens with one attached hydrogen (secondary N) is 2. The summed E-state index contributed by atoms with van der Waals surface area (Å²) in [6, 6.07) is 0. The Labute approximate surface area is 74.3 Å². The van der Waals surface area contributed by atoms with Crippen molar-refractivity contribution in [2.24, 2.45) is 0 Å². The molecule has 0 amide bonds. The van der Waals surface area contributed by atoms with E-state index in [-0.39, 0.29) is 0 Å². The third-order valence-electron chi connectivity index (χ3n) is 1.56. The average molecular weight is 179 g/mol. The third-order valence-corrected chi connectivity index (χ3v) is 1.56. The summed E-state index contributed by atoms with van der Waals surface area (Å²) in [5, 5.41) is 7.40. The Morgan fingerprint density at radius 3 is 3.31 bits per heavy atom. The molecule has 13 heavy (non-hydrogen) atoms. The lowest BCUT2D eigenvalue weighted by Gasteiger charge is -2.03. The first-order chi connectivity index (χ1) is 6.42. The molecule has 0 aliphatic rings. The Hall–Kier alpha value is -1.69. The van der Waals surface area contributed by atoms with Gasteiger partial charge < -0.3 is 0 Å². The summed E-state index contributed by atoms with van der Waals surface area (Å²) in [4.78, 5) is 13.0. The maximum atomic E-state index is 5.02. The number of anilines is 1. The molecule has 0 aromatic carbocycles. The lowest BCUT2D eigenvalue weighted by Crippen LogP contribution is -2.02. The van der Waals surface area contributed by atoms with E-state index in [1.54, 1.807) is 6.20 Å². The van der Waals surface area contributed by atoms with Crippen molar-refractivity contribution in [3.63, 3.8) is 0 Å². The molecule has 0 bridgehead atoms. The SMILES string of the molecule is CCONc1ncnc2[nH]ncc12. The van der Waals surface area contributed by atoms with Gasteiger partial charge in [-0.1, -0.05) is 0 Å². The van der Waals surface area contributed by atoms with E-state index in [0.717, 1.165) is 5.39 Å². The summed E-state index contributed by atoms with van der Waals surface area (Å²) in [5.74, 6) is 0.626. The third kappa shape index (κ3) is 1.43. The molecule has 0 saturated carbocycles. The van der Waals surface area contributed by atoms with Gasteiger partial charge in [0, 0.05) is 0 Å².